The largest absolute Gasteiger partial charge is 0.483 e. The van der Waals surface area contributed by atoms with E-state index in [0.29, 0.717) is 10.8 Å². The Morgan fingerprint density at radius 1 is 1.10 bits per heavy atom. The number of nitrogens with two attached hydrogens (primary N) is 1. The van der Waals surface area contributed by atoms with E-state index in [-0.39, 0.29) is 12.1 Å². The zero-order chi connectivity index (χ0) is 14.7. The van der Waals surface area contributed by atoms with Crippen LogP contribution in [0.5, 0.6) is 5.75 Å². The van der Waals surface area contributed by atoms with Crippen LogP contribution in [0, 0.1) is 0 Å². The van der Waals surface area contributed by atoms with Crippen molar-refractivity contribution in [1.29, 1.82) is 0 Å². The topological polar surface area (TPSA) is 35.2 Å². The van der Waals surface area contributed by atoms with Crippen LogP contribution in [0.2, 0.25) is 5.02 Å². The average Bonchev–Trinajstić information content (AvgIpc) is 2.39. The predicted molar refractivity (Wildman–Crippen MR) is 90.3 cm³/mol. The molecule has 2 rings (SSSR count). The molecule has 0 fully saturated rings. The van der Waals surface area contributed by atoms with Gasteiger partial charge in [0, 0.05) is 21.1 Å². The van der Waals surface area contributed by atoms with E-state index < -0.39 is 0 Å². The van der Waals surface area contributed by atoms with Gasteiger partial charge in [-0.3, -0.25) is 0 Å². The molecule has 2 aromatic rings. The van der Waals surface area contributed by atoms with E-state index in [9.17, 15) is 0 Å². The molecule has 0 aliphatic carbocycles. The van der Waals surface area contributed by atoms with Gasteiger partial charge in [0.2, 0.25) is 0 Å². The van der Waals surface area contributed by atoms with Crippen molar-refractivity contribution in [3.8, 4) is 5.75 Å². The van der Waals surface area contributed by atoms with Crippen LogP contribution in [0.4, 0.5) is 0 Å². The SMILES string of the molecule is CC(N)C(Oc1ccc(Cl)cc1Br)c1ccccc1Br. The van der Waals surface area contributed by atoms with E-state index in [1.54, 1.807) is 12.1 Å². The minimum absolute atomic E-state index is 0.156. The molecule has 2 N–H and O–H groups in total. The highest BCUT2D eigenvalue weighted by Gasteiger charge is 2.21. The molecule has 20 heavy (non-hydrogen) atoms. The van der Waals surface area contributed by atoms with Gasteiger partial charge in [-0.05, 0) is 47.1 Å². The van der Waals surface area contributed by atoms with Gasteiger partial charge in [-0.2, -0.15) is 0 Å². The van der Waals surface area contributed by atoms with Crippen LogP contribution in [0.25, 0.3) is 0 Å². The number of ether oxygens (including phenoxy) is 1. The molecule has 0 radical (unpaired) electrons. The van der Waals surface area contributed by atoms with Crippen molar-refractivity contribution in [2.45, 2.75) is 19.1 Å². The number of benzene rings is 2. The molecule has 0 saturated heterocycles. The Morgan fingerprint density at radius 3 is 2.40 bits per heavy atom. The van der Waals surface area contributed by atoms with Crippen LogP contribution in [-0.2, 0) is 0 Å². The Kier molecular flexibility index (Phi) is 5.49. The Bertz CT molecular complexity index is 604. The van der Waals surface area contributed by atoms with Gasteiger partial charge in [-0.15, -0.1) is 0 Å². The second-order valence-corrected chi connectivity index (χ2v) is 6.64. The zero-order valence-electron chi connectivity index (χ0n) is 10.8. The molecule has 0 heterocycles. The summed E-state index contributed by atoms with van der Waals surface area (Å²) in [5.41, 5.74) is 7.10. The lowest BCUT2D eigenvalue weighted by Crippen LogP contribution is -2.29. The highest BCUT2D eigenvalue weighted by molar-refractivity contribution is 9.10. The third-order valence-electron chi connectivity index (χ3n) is 2.84. The summed E-state index contributed by atoms with van der Waals surface area (Å²) in [5, 5.41) is 0.655. The summed E-state index contributed by atoms with van der Waals surface area (Å²) < 4.78 is 7.86. The fourth-order valence-electron chi connectivity index (χ4n) is 1.87. The first-order valence-electron chi connectivity index (χ1n) is 6.10. The van der Waals surface area contributed by atoms with Crippen LogP contribution in [0.15, 0.2) is 51.4 Å². The molecule has 2 aromatic carbocycles. The number of hydrogen-bond acceptors (Lipinski definition) is 2. The molecule has 5 heteroatoms. The fourth-order valence-corrected chi connectivity index (χ4v) is 3.15. The van der Waals surface area contributed by atoms with Crippen LogP contribution in [-0.4, -0.2) is 6.04 Å². The highest BCUT2D eigenvalue weighted by atomic mass is 79.9. The monoisotopic (exact) mass is 417 g/mol. The molecule has 2 atom stereocenters. The van der Waals surface area contributed by atoms with E-state index in [4.69, 9.17) is 22.1 Å². The van der Waals surface area contributed by atoms with E-state index >= 15 is 0 Å². The number of rotatable bonds is 4. The number of halogens is 3. The summed E-state index contributed by atoms with van der Waals surface area (Å²) in [6, 6.07) is 13.2. The summed E-state index contributed by atoms with van der Waals surface area (Å²) >= 11 is 12.9. The molecule has 2 nitrogen and oxygen atoms in total. The molecular weight excluding hydrogens is 405 g/mol. The van der Waals surface area contributed by atoms with Crippen molar-refractivity contribution < 1.29 is 4.74 Å². The third kappa shape index (κ3) is 3.76. The fraction of sp³-hybridized carbons (Fsp3) is 0.200. The molecule has 0 aliphatic heterocycles. The van der Waals surface area contributed by atoms with Crippen molar-refractivity contribution >= 4 is 43.5 Å². The van der Waals surface area contributed by atoms with Crippen molar-refractivity contribution in [2.75, 3.05) is 0 Å². The lowest BCUT2D eigenvalue weighted by molar-refractivity contribution is 0.178. The van der Waals surface area contributed by atoms with Gasteiger partial charge in [-0.25, -0.2) is 0 Å². The standard InChI is InChI=1S/C15H14Br2ClNO/c1-9(19)15(11-4-2-3-5-12(11)16)20-14-7-6-10(18)8-13(14)17/h2-9,15H,19H2,1H3. The first-order valence-corrected chi connectivity index (χ1v) is 8.07. The molecule has 2 unspecified atom stereocenters. The Morgan fingerprint density at radius 2 is 1.80 bits per heavy atom. The van der Waals surface area contributed by atoms with E-state index in [0.717, 1.165) is 14.5 Å². The van der Waals surface area contributed by atoms with Gasteiger partial charge in [0.05, 0.1) is 4.47 Å². The zero-order valence-corrected chi connectivity index (χ0v) is 14.7. The molecule has 0 aromatic heterocycles. The first kappa shape index (κ1) is 15.8. The second-order valence-electron chi connectivity index (χ2n) is 4.49. The minimum Gasteiger partial charge on any atom is -0.483 e. The minimum atomic E-state index is -0.247. The molecule has 0 bridgehead atoms. The second kappa shape index (κ2) is 6.94. The van der Waals surface area contributed by atoms with E-state index in [1.165, 1.54) is 0 Å². The van der Waals surface area contributed by atoms with Crippen molar-refractivity contribution in [1.82, 2.24) is 0 Å². The van der Waals surface area contributed by atoms with Crippen molar-refractivity contribution in [3.05, 3.63) is 62.0 Å². The average molecular weight is 420 g/mol. The van der Waals surface area contributed by atoms with Gasteiger partial charge in [-0.1, -0.05) is 45.7 Å². The molecule has 106 valence electrons. The normalized spacial score (nSPS) is 13.8. The van der Waals surface area contributed by atoms with Gasteiger partial charge in [0.25, 0.3) is 0 Å². The van der Waals surface area contributed by atoms with Crippen molar-refractivity contribution in [2.24, 2.45) is 5.73 Å². The molecular formula is C15H14Br2ClNO. The Balaban J connectivity index is 2.33. The van der Waals surface area contributed by atoms with Gasteiger partial charge in [0.15, 0.2) is 0 Å². The van der Waals surface area contributed by atoms with Gasteiger partial charge >= 0.3 is 0 Å². The summed E-state index contributed by atoms with van der Waals surface area (Å²) in [4.78, 5) is 0. The van der Waals surface area contributed by atoms with Crippen LogP contribution < -0.4 is 10.5 Å². The van der Waals surface area contributed by atoms with Gasteiger partial charge < -0.3 is 10.5 Å². The smallest absolute Gasteiger partial charge is 0.140 e. The summed E-state index contributed by atoms with van der Waals surface area (Å²) in [6.45, 7) is 1.92. The lowest BCUT2D eigenvalue weighted by atomic mass is 10.0. The maximum absolute atomic E-state index is 6.08. The first-order chi connectivity index (χ1) is 9.49. The van der Waals surface area contributed by atoms with Crippen molar-refractivity contribution in [3.63, 3.8) is 0 Å². The summed E-state index contributed by atoms with van der Waals surface area (Å²) in [7, 11) is 0. The molecule has 0 aliphatic rings. The lowest BCUT2D eigenvalue weighted by Gasteiger charge is -2.24. The quantitative estimate of drug-likeness (QED) is 0.727. The van der Waals surface area contributed by atoms with E-state index in [1.807, 2.05) is 37.3 Å². The Labute approximate surface area is 140 Å². The van der Waals surface area contributed by atoms with Gasteiger partial charge in [0.1, 0.15) is 11.9 Å². The molecule has 0 spiro atoms. The molecule has 0 saturated carbocycles. The molecule has 0 amide bonds. The maximum Gasteiger partial charge on any atom is 0.140 e. The summed E-state index contributed by atoms with van der Waals surface area (Å²) in [6.07, 6.45) is -0.247. The van der Waals surface area contributed by atoms with Crippen LogP contribution in [0.3, 0.4) is 0 Å². The Hall–Kier alpha value is -0.550. The van der Waals surface area contributed by atoms with E-state index in [2.05, 4.69) is 31.9 Å². The summed E-state index contributed by atoms with van der Waals surface area (Å²) in [5.74, 6) is 0.715. The highest BCUT2D eigenvalue weighted by Crippen LogP contribution is 2.34. The van der Waals surface area contributed by atoms with Crippen LogP contribution >= 0.6 is 43.5 Å². The van der Waals surface area contributed by atoms with Crippen LogP contribution in [0.1, 0.15) is 18.6 Å². The third-order valence-corrected chi connectivity index (χ3v) is 4.41. The maximum atomic E-state index is 6.08. The predicted octanol–water partition coefficient (Wildman–Crippen LogP) is 5.33. The number of hydrogen-bond donors (Lipinski definition) is 1.